The van der Waals surface area contributed by atoms with E-state index >= 15 is 0 Å². The average molecular weight is 368 g/mol. The lowest BCUT2D eigenvalue weighted by Crippen LogP contribution is -1.96. The van der Waals surface area contributed by atoms with Crippen LogP contribution >= 0.6 is 27.3 Å². The van der Waals surface area contributed by atoms with Gasteiger partial charge in [0.25, 0.3) is 0 Å². The van der Waals surface area contributed by atoms with E-state index in [1.54, 1.807) is 23.5 Å². The van der Waals surface area contributed by atoms with E-state index < -0.39 is 5.97 Å². The van der Waals surface area contributed by atoms with Crippen LogP contribution in [0.3, 0.4) is 0 Å². The lowest BCUT2D eigenvalue weighted by molar-refractivity contribution is -0.131. The molecule has 110 valence electrons. The molecule has 2 aromatic rings. The summed E-state index contributed by atoms with van der Waals surface area (Å²) in [6.45, 7) is 4.44. The molecule has 0 unspecified atom stereocenters. The minimum Gasteiger partial charge on any atom is -0.485 e. The molecule has 0 radical (unpaired) electrons. The highest BCUT2D eigenvalue weighted by Crippen LogP contribution is 2.28. The van der Waals surface area contributed by atoms with Crippen molar-refractivity contribution < 1.29 is 14.6 Å². The minimum absolute atomic E-state index is 0.419. The molecule has 1 N–H and O–H groups in total. The van der Waals surface area contributed by atoms with Gasteiger partial charge in [0.15, 0.2) is 0 Å². The van der Waals surface area contributed by atoms with E-state index in [1.807, 2.05) is 19.9 Å². The topological polar surface area (TPSA) is 59.4 Å². The number of halogens is 1. The van der Waals surface area contributed by atoms with Crippen LogP contribution in [0.2, 0.25) is 0 Å². The SMILES string of the molecule is Cc1nc(COc2ccc(/C=C/C(=O)O)cc2Br)sc1C. The van der Waals surface area contributed by atoms with Crippen molar-refractivity contribution in [2.75, 3.05) is 0 Å². The quantitative estimate of drug-likeness (QED) is 0.804. The summed E-state index contributed by atoms with van der Waals surface area (Å²) in [5.41, 5.74) is 1.82. The standard InChI is InChI=1S/C15H14BrNO3S/c1-9-10(2)21-14(17-9)8-20-13-5-3-11(7-12(13)16)4-6-15(18)19/h3-7H,8H2,1-2H3,(H,18,19)/b6-4+. The number of ether oxygens (including phenoxy) is 1. The first kappa shape index (κ1) is 15.7. The van der Waals surface area contributed by atoms with Crippen LogP contribution < -0.4 is 4.74 Å². The highest BCUT2D eigenvalue weighted by Gasteiger charge is 2.06. The third kappa shape index (κ3) is 4.41. The van der Waals surface area contributed by atoms with Crippen LogP contribution in [0.25, 0.3) is 6.08 Å². The van der Waals surface area contributed by atoms with Gasteiger partial charge < -0.3 is 9.84 Å². The summed E-state index contributed by atoms with van der Waals surface area (Å²) in [6.07, 6.45) is 2.63. The maximum atomic E-state index is 10.5. The molecule has 21 heavy (non-hydrogen) atoms. The zero-order valence-corrected chi connectivity index (χ0v) is 14.0. The van der Waals surface area contributed by atoms with Gasteiger partial charge in [-0.25, -0.2) is 9.78 Å². The van der Waals surface area contributed by atoms with Crippen LogP contribution in [0.4, 0.5) is 0 Å². The molecule has 0 fully saturated rings. The van der Waals surface area contributed by atoms with Crippen LogP contribution in [-0.2, 0) is 11.4 Å². The summed E-state index contributed by atoms with van der Waals surface area (Å²) in [5.74, 6) is -0.270. The second kappa shape index (κ2) is 6.87. The number of carbonyl (C=O) groups is 1. The molecule has 2 rings (SSSR count). The largest absolute Gasteiger partial charge is 0.485 e. The van der Waals surface area contributed by atoms with Crippen molar-refractivity contribution in [3.8, 4) is 5.75 Å². The number of nitrogens with zero attached hydrogens (tertiary/aromatic N) is 1. The minimum atomic E-state index is -0.971. The Labute approximate surface area is 135 Å². The van der Waals surface area contributed by atoms with Crippen molar-refractivity contribution in [2.45, 2.75) is 20.5 Å². The van der Waals surface area contributed by atoms with Crippen molar-refractivity contribution in [2.24, 2.45) is 0 Å². The summed E-state index contributed by atoms with van der Waals surface area (Å²) in [7, 11) is 0. The predicted molar refractivity (Wildman–Crippen MR) is 86.7 cm³/mol. The smallest absolute Gasteiger partial charge is 0.328 e. The molecule has 0 saturated heterocycles. The first-order chi connectivity index (χ1) is 9.95. The number of thiazole rings is 1. The molecule has 0 aliphatic heterocycles. The molecule has 0 atom stereocenters. The fourth-order valence-electron chi connectivity index (χ4n) is 1.65. The Morgan fingerprint density at radius 2 is 2.24 bits per heavy atom. The van der Waals surface area contributed by atoms with Crippen molar-refractivity contribution >= 4 is 39.3 Å². The van der Waals surface area contributed by atoms with Crippen LogP contribution in [0.15, 0.2) is 28.7 Å². The molecule has 1 aromatic carbocycles. The summed E-state index contributed by atoms with van der Waals surface area (Å²) in [4.78, 5) is 16.1. The molecular formula is C15H14BrNO3S. The molecule has 0 aliphatic carbocycles. The third-order valence-corrected chi connectivity index (χ3v) is 4.46. The maximum Gasteiger partial charge on any atom is 0.328 e. The van der Waals surface area contributed by atoms with Gasteiger partial charge in [-0.15, -0.1) is 11.3 Å². The van der Waals surface area contributed by atoms with Crippen LogP contribution in [-0.4, -0.2) is 16.1 Å². The van der Waals surface area contributed by atoms with E-state index in [2.05, 4.69) is 20.9 Å². The summed E-state index contributed by atoms with van der Waals surface area (Å²) in [5, 5.41) is 9.54. The van der Waals surface area contributed by atoms with Gasteiger partial charge in [0.05, 0.1) is 10.2 Å². The lowest BCUT2D eigenvalue weighted by Gasteiger charge is -2.07. The first-order valence-corrected chi connectivity index (χ1v) is 7.83. The van der Waals surface area contributed by atoms with Gasteiger partial charge in [-0.3, -0.25) is 0 Å². The summed E-state index contributed by atoms with van der Waals surface area (Å²) >= 11 is 5.05. The zero-order valence-electron chi connectivity index (χ0n) is 11.6. The predicted octanol–water partition coefficient (Wildman–Crippen LogP) is 4.20. The number of hydrogen-bond donors (Lipinski definition) is 1. The van der Waals surface area contributed by atoms with Crippen LogP contribution in [0, 0.1) is 13.8 Å². The molecule has 1 aromatic heterocycles. The highest BCUT2D eigenvalue weighted by atomic mass is 79.9. The molecule has 0 aliphatic rings. The van der Waals surface area contributed by atoms with Gasteiger partial charge in [0, 0.05) is 11.0 Å². The van der Waals surface area contributed by atoms with Gasteiger partial charge in [0.2, 0.25) is 0 Å². The number of hydrogen-bond acceptors (Lipinski definition) is 4. The number of rotatable bonds is 5. The van der Waals surface area contributed by atoms with E-state index in [0.717, 1.165) is 26.8 Å². The Morgan fingerprint density at radius 1 is 1.48 bits per heavy atom. The number of aryl methyl sites for hydroxylation is 2. The molecule has 0 spiro atoms. The Bertz CT molecular complexity index is 675. The second-order valence-electron chi connectivity index (χ2n) is 4.40. The Morgan fingerprint density at radius 3 is 2.81 bits per heavy atom. The summed E-state index contributed by atoms with van der Waals surface area (Å²) in [6, 6.07) is 5.42. The van der Waals surface area contributed by atoms with Crippen molar-refractivity contribution in [3.05, 3.63) is 49.9 Å². The van der Waals surface area contributed by atoms with Gasteiger partial charge in [-0.05, 0) is 53.5 Å². The number of benzene rings is 1. The average Bonchev–Trinajstić information content (AvgIpc) is 2.74. The van der Waals surface area contributed by atoms with Gasteiger partial charge in [-0.2, -0.15) is 0 Å². The Kier molecular flexibility index (Phi) is 5.14. The summed E-state index contributed by atoms with van der Waals surface area (Å²) < 4.78 is 6.51. The fourth-order valence-corrected chi connectivity index (χ4v) is 3.00. The van der Waals surface area contributed by atoms with Gasteiger partial charge >= 0.3 is 5.97 Å². The Hall–Kier alpha value is -1.66. The molecule has 1 heterocycles. The van der Waals surface area contributed by atoms with E-state index in [4.69, 9.17) is 9.84 Å². The van der Waals surface area contributed by atoms with E-state index in [9.17, 15) is 4.79 Å². The second-order valence-corrected chi connectivity index (χ2v) is 6.54. The zero-order chi connectivity index (χ0) is 15.4. The highest BCUT2D eigenvalue weighted by molar-refractivity contribution is 9.10. The first-order valence-electron chi connectivity index (χ1n) is 6.22. The Balaban J connectivity index is 2.05. The number of carboxylic acid groups (broad SMARTS) is 1. The number of aromatic nitrogens is 1. The third-order valence-electron chi connectivity index (χ3n) is 2.80. The van der Waals surface area contributed by atoms with E-state index in [1.165, 1.54) is 11.0 Å². The number of carboxylic acids is 1. The van der Waals surface area contributed by atoms with E-state index in [-0.39, 0.29) is 0 Å². The maximum absolute atomic E-state index is 10.5. The van der Waals surface area contributed by atoms with Crippen molar-refractivity contribution in [1.29, 1.82) is 0 Å². The normalized spacial score (nSPS) is 11.0. The fraction of sp³-hybridized carbons (Fsp3) is 0.200. The number of aliphatic carboxylic acids is 1. The monoisotopic (exact) mass is 367 g/mol. The van der Waals surface area contributed by atoms with Gasteiger partial charge in [0.1, 0.15) is 17.4 Å². The van der Waals surface area contributed by atoms with Crippen LogP contribution in [0.1, 0.15) is 21.1 Å². The van der Waals surface area contributed by atoms with E-state index in [0.29, 0.717) is 12.4 Å². The van der Waals surface area contributed by atoms with Crippen LogP contribution in [0.5, 0.6) is 5.75 Å². The molecule has 0 bridgehead atoms. The lowest BCUT2D eigenvalue weighted by atomic mass is 10.2. The molecule has 4 nitrogen and oxygen atoms in total. The van der Waals surface area contributed by atoms with Crippen molar-refractivity contribution in [1.82, 2.24) is 4.98 Å². The molecular weight excluding hydrogens is 354 g/mol. The molecule has 6 heteroatoms. The molecule has 0 saturated carbocycles. The molecule has 0 amide bonds. The van der Waals surface area contributed by atoms with Crippen molar-refractivity contribution in [3.63, 3.8) is 0 Å². The van der Waals surface area contributed by atoms with Gasteiger partial charge in [-0.1, -0.05) is 6.07 Å².